The van der Waals surface area contributed by atoms with Gasteiger partial charge in [0.2, 0.25) is 0 Å². The van der Waals surface area contributed by atoms with Crippen molar-refractivity contribution in [3.8, 4) is 16.9 Å². The van der Waals surface area contributed by atoms with Crippen LogP contribution in [-0.4, -0.2) is 47.2 Å². The summed E-state index contributed by atoms with van der Waals surface area (Å²) in [5.74, 6) is -0.167. The van der Waals surface area contributed by atoms with E-state index < -0.39 is 11.9 Å². The van der Waals surface area contributed by atoms with E-state index in [2.05, 4.69) is 4.98 Å². The predicted octanol–water partition coefficient (Wildman–Crippen LogP) is 4.39. The van der Waals surface area contributed by atoms with Crippen LogP contribution in [0.1, 0.15) is 20.8 Å². The second-order valence-corrected chi connectivity index (χ2v) is 8.53. The fourth-order valence-electron chi connectivity index (χ4n) is 4.11. The summed E-state index contributed by atoms with van der Waals surface area (Å²) in [5.41, 5.74) is 0.959. The van der Waals surface area contributed by atoms with E-state index in [-0.39, 0.29) is 28.7 Å². The Morgan fingerprint density at radius 3 is 2.56 bits per heavy atom. The van der Waals surface area contributed by atoms with E-state index in [1.165, 1.54) is 12.1 Å². The molecule has 1 amide bonds. The highest BCUT2D eigenvalue weighted by atomic mass is 35.5. The molecule has 1 aliphatic rings. The van der Waals surface area contributed by atoms with E-state index >= 15 is 0 Å². The summed E-state index contributed by atoms with van der Waals surface area (Å²) in [4.78, 5) is 29.8. The summed E-state index contributed by atoms with van der Waals surface area (Å²) < 4.78 is 25.0. The molecule has 3 atom stereocenters. The number of nitrogens with one attached hydrogen (secondary N) is 1. The first kappa shape index (κ1) is 22.3. The molecular formula is C24H24ClFN2O4. The fourth-order valence-corrected chi connectivity index (χ4v) is 4.38. The maximum Gasteiger partial charge on any atom is 0.263 e. The van der Waals surface area contributed by atoms with E-state index in [0.29, 0.717) is 40.7 Å². The average Bonchev–Trinajstić information content (AvgIpc) is 2.73. The van der Waals surface area contributed by atoms with Crippen LogP contribution in [0.2, 0.25) is 5.02 Å². The lowest BCUT2D eigenvalue weighted by atomic mass is 10.0. The number of pyridine rings is 1. The Morgan fingerprint density at radius 1 is 1.16 bits per heavy atom. The highest BCUT2D eigenvalue weighted by Gasteiger charge is 2.29. The molecule has 4 rings (SSSR count). The number of halogens is 2. The number of morpholine rings is 1. The van der Waals surface area contributed by atoms with Crippen molar-refractivity contribution in [2.75, 3.05) is 13.1 Å². The van der Waals surface area contributed by atoms with Crippen molar-refractivity contribution >= 4 is 28.3 Å². The molecule has 6 nitrogen and oxygen atoms in total. The lowest BCUT2D eigenvalue weighted by Gasteiger charge is -2.36. The van der Waals surface area contributed by atoms with Gasteiger partial charge in [-0.3, -0.25) is 9.59 Å². The zero-order chi connectivity index (χ0) is 23.0. The minimum Gasteiger partial charge on any atom is -0.481 e. The van der Waals surface area contributed by atoms with Crippen LogP contribution in [-0.2, 0) is 9.53 Å². The van der Waals surface area contributed by atoms with Gasteiger partial charge in [-0.05, 0) is 62.6 Å². The number of rotatable bonds is 4. The molecule has 8 heteroatoms. The molecule has 1 fully saturated rings. The van der Waals surface area contributed by atoms with Crippen molar-refractivity contribution in [3.63, 3.8) is 0 Å². The predicted molar refractivity (Wildman–Crippen MR) is 122 cm³/mol. The van der Waals surface area contributed by atoms with Crippen LogP contribution in [0.15, 0.2) is 47.4 Å². The Hall–Kier alpha value is -2.90. The molecule has 0 bridgehead atoms. The summed E-state index contributed by atoms with van der Waals surface area (Å²) >= 11 is 6.23. The molecule has 2 heterocycles. The smallest absolute Gasteiger partial charge is 0.263 e. The minimum atomic E-state index is -0.723. The lowest BCUT2D eigenvalue weighted by Crippen LogP contribution is -2.51. The number of amides is 1. The number of H-pyrrole nitrogens is 1. The molecule has 0 saturated carbocycles. The minimum absolute atomic E-state index is 0.0363. The van der Waals surface area contributed by atoms with Crippen molar-refractivity contribution in [1.29, 1.82) is 0 Å². The average molecular weight is 459 g/mol. The second-order valence-electron chi connectivity index (χ2n) is 8.12. The van der Waals surface area contributed by atoms with Crippen LogP contribution in [0.4, 0.5) is 4.39 Å². The van der Waals surface area contributed by atoms with Crippen molar-refractivity contribution in [2.45, 2.75) is 39.1 Å². The molecule has 0 radical (unpaired) electrons. The highest BCUT2D eigenvalue weighted by Crippen LogP contribution is 2.33. The van der Waals surface area contributed by atoms with Gasteiger partial charge in [0.25, 0.3) is 11.5 Å². The number of hydrogen-bond acceptors (Lipinski definition) is 4. The molecule has 0 aliphatic carbocycles. The van der Waals surface area contributed by atoms with Crippen molar-refractivity contribution in [3.05, 3.63) is 63.8 Å². The first-order valence-electron chi connectivity index (χ1n) is 10.4. The van der Waals surface area contributed by atoms with E-state index in [1.54, 1.807) is 42.3 Å². The third kappa shape index (κ3) is 4.49. The number of benzene rings is 2. The summed E-state index contributed by atoms with van der Waals surface area (Å²) in [6.45, 7) is 6.58. The van der Waals surface area contributed by atoms with Gasteiger partial charge >= 0.3 is 0 Å². The quantitative estimate of drug-likeness (QED) is 0.629. The number of hydrogen-bond donors (Lipinski definition) is 1. The highest BCUT2D eigenvalue weighted by molar-refractivity contribution is 6.33. The topological polar surface area (TPSA) is 71.6 Å². The maximum atomic E-state index is 13.5. The third-order valence-electron chi connectivity index (χ3n) is 5.49. The Kier molecular flexibility index (Phi) is 6.22. The fraction of sp³-hybridized carbons (Fsp3) is 0.333. The number of aromatic amines is 1. The van der Waals surface area contributed by atoms with E-state index in [0.717, 1.165) is 0 Å². The van der Waals surface area contributed by atoms with Crippen LogP contribution < -0.4 is 10.3 Å². The van der Waals surface area contributed by atoms with Gasteiger partial charge in [-0.25, -0.2) is 4.39 Å². The first-order chi connectivity index (χ1) is 15.2. The summed E-state index contributed by atoms with van der Waals surface area (Å²) in [6, 6.07) is 9.16. The molecule has 32 heavy (non-hydrogen) atoms. The first-order valence-corrected chi connectivity index (χ1v) is 10.8. The van der Waals surface area contributed by atoms with Crippen LogP contribution in [0.3, 0.4) is 0 Å². The molecule has 1 N–H and O–H groups in total. The van der Waals surface area contributed by atoms with Gasteiger partial charge in [0.15, 0.2) is 6.10 Å². The number of ether oxygens (including phenoxy) is 2. The second kappa shape index (κ2) is 8.92. The number of aromatic nitrogens is 1. The largest absolute Gasteiger partial charge is 0.481 e. The molecular weight excluding hydrogens is 435 g/mol. The molecule has 2 aromatic carbocycles. The Labute approximate surface area is 189 Å². The summed E-state index contributed by atoms with van der Waals surface area (Å²) in [6.07, 6.45) is 0.757. The summed E-state index contributed by atoms with van der Waals surface area (Å²) in [5, 5.41) is 1.27. The van der Waals surface area contributed by atoms with Gasteiger partial charge in [0, 0.05) is 30.4 Å². The normalized spacial score (nSPS) is 19.7. The van der Waals surface area contributed by atoms with Gasteiger partial charge in [0.1, 0.15) is 11.6 Å². The Balaban J connectivity index is 1.62. The standard InChI is InChI=1S/C24H24ClFN2O4/c1-13-11-28(12-14(2)31-13)24(30)15(3)32-17-5-7-18-20(9-17)23(29)27-10-21(18)19-6-4-16(26)8-22(19)25/h4-10,13-15H,11-12H2,1-3H3,(H,27,29)/t13-,14+,15-/m1/s1. The summed E-state index contributed by atoms with van der Waals surface area (Å²) in [7, 11) is 0. The number of fused-ring (bicyclic) bond motifs is 1. The van der Waals surface area contributed by atoms with Crippen LogP contribution in [0, 0.1) is 5.82 Å². The van der Waals surface area contributed by atoms with Crippen molar-refractivity contribution < 1.29 is 18.7 Å². The van der Waals surface area contributed by atoms with Crippen molar-refractivity contribution in [2.24, 2.45) is 0 Å². The van der Waals surface area contributed by atoms with E-state index in [4.69, 9.17) is 21.1 Å². The third-order valence-corrected chi connectivity index (χ3v) is 5.80. The molecule has 168 valence electrons. The molecule has 1 aliphatic heterocycles. The number of carbonyl (C=O) groups is 1. The monoisotopic (exact) mass is 458 g/mol. The molecule has 1 saturated heterocycles. The SMILES string of the molecule is C[C@@H]1CN(C(=O)[C@@H](C)Oc2ccc3c(-c4ccc(F)cc4Cl)c[nH]c(=O)c3c2)C[C@H](C)O1. The maximum absolute atomic E-state index is 13.5. The van der Waals surface area contributed by atoms with Gasteiger partial charge in [0.05, 0.1) is 22.6 Å². The molecule has 0 unspecified atom stereocenters. The van der Waals surface area contributed by atoms with Crippen molar-refractivity contribution in [1.82, 2.24) is 9.88 Å². The number of carbonyl (C=O) groups excluding carboxylic acids is 1. The van der Waals surface area contributed by atoms with Crippen LogP contribution in [0.25, 0.3) is 21.9 Å². The Morgan fingerprint density at radius 2 is 1.88 bits per heavy atom. The van der Waals surface area contributed by atoms with Gasteiger partial charge in [-0.2, -0.15) is 0 Å². The lowest BCUT2D eigenvalue weighted by molar-refractivity contribution is -0.149. The number of nitrogens with zero attached hydrogens (tertiary/aromatic N) is 1. The molecule has 0 spiro atoms. The zero-order valence-corrected chi connectivity index (χ0v) is 18.8. The molecule has 1 aromatic heterocycles. The Bertz CT molecular complexity index is 1220. The van der Waals surface area contributed by atoms with Gasteiger partial charge in [-0.1, -0.05) is 11.6 Å². The van der Waals surface area contributed by atoms with Crippen LogP contribution in [0.5, 0.6) is 5.75 Å². The zero-order valence-electron chi connectivity index (χ0n) is 18.0. The van der Waals surface area contributed by atoms with Gasteiger partial charge < -0.3 is 19.4 Å². The van der Waals surface area contributed by atoms with E-state index in [1.807, 2.05) is 13.8 Å². The van der Waals surface area contributed by atoms with Crippen LogP contribution >= 0.6 is 11.6 Å². The van der Waals surface area contributed by atoms with E-state index in [9.17, 15) is 14.0 Å². The molecule has 3 aromatic rings. The van der Waals surface area contributed by atoms with Gasteiger partial charge in [-0.15, -0.1) is 0 Å².